The summed E-state index contributed by atoms with van der Waals surface area (Å²) in [5, 5.41) is 17.4. The number of anilines is 2. The maximum absolute atomic E-state index is 12.2. The minimum atomic E-state index is -0.536. The van der Waals surface area contributed by atoms with Crippen LogP contribution in [0.25, 0.3) is 11.4 Å². The minimum Gasteiger partial charge on any atom is -0.508 e. The Morgan fingerprint density at radius 1 is 1.14 bits per heavy atom. The van der Waals surface area contributed by atoms with Crippen molar-refractivity contribution in [3.8, 4) is 17.1 Å². The van der Waals surface area contributed by atoms with Crippen molar-refractivity contribution in [2.45, 2.75) is 13.0 Å². The summed E-state index contributed by atoms with van der Waals surface area (Å²) in [6.07, 6.45) is 0. The normalized spacial score (nSPS) is 15.6. The topological polar surface area (TPSA) is 109 Å². The van der Waals surface area contributed by atoms with Gasteiger partial charge in [-0.3, -0.25) is 4.79 Å². The molecule has 2 aromatic carbocycles. The summed E-state index contributed by atoms with van der Waals surface area (Å²) in [4.78, 5) is 18.9. The highest BCUT2D eigenvalue weighted by Crippen LogP contribution is 2.36. The van der Waals surface area contributed by atoms with Gasteiger partial charge in [0.05, 0.1) is 5.57 Å². The molecule has 0 saturated heterocycles. The number of aromatic nitrogens is 3. The van der Waals surface area contributed by atoms with Gasteiger partial charge in [-0.1, -0.05) is 12.1 Å². The molecule has 0 fully saturated rings. The summed E-state index contributed by atoms with van der Waals surface area (Å²) in [5.74, 6) is 0.674. The second kappa shape index (κ2) is 6.97. The molecular weight excluding hydrogens is 368 g/mol. The number of hydrogen-bond donors (Lipinski definition) is 3. The number of nitrogens with two attached hydrogens (primary N) is 1. The Bertz CT molecular complexity index is 1100. The van der Waals surface area contributed by atoms with Crippen molar-refractivity contribution in [1.82, 2.24) is 14.8 Å². The number of amides is 1. The maximum atomic E-state index is 12.2. The van der Waals surface area contributed by atoms with Crippen LogP contribution in [0, 0.1) is 0 Å². The Balaban J connectivity index is 1.81. The highest BCUT2D eigenvalue weighted by atomic mass is 16.3. The van der Waals surface area contributed by atoms with Crippen LogP contribution in [0.15, 0.2) is 59.8 Å². The van der Waals surface area contributed by atoms with Gasteiger partial charge in [-0.2, -0.15) is 4.98 Å². The van der Waals surface area contributed by atoms with Crippen LogP contribution in [0.3, 0.4) is 0 Å². The lowest BCUT2D eigenvalue weighted by molar-refractivity contribution is -0.115. The zero-order valence-corrected chi connectivity index (χ0v) is 16.4. The number of carbonyl (C=O) groups excluding carboxylic acids is 1. The zero-order chi connectivity index (χ0) is 20.7. The number of phenols is 1. The van der Waals surface area contributed by atoms with E-state index in [1.807, 2.05) is 43.3 Å². The second-order valence-corrected chi connectivity index (χ2v) is 7.17. The van der Waals surface area contributed by atoms with Crippen LogP contribution < -0.4 is 16.0 Å². The van der Waals surface area contributed by atoms with Crippen LogP contribution in [0.4, 0.5) is 11.6 Å². The highest BCUT2D eigenvalue weighted by molar-refractivity contribution is 5.95. The van der Waals surface area contributed by atoms with Crippen molar-refractivity contribution < 1.29 is 9.90 Å². The van der Waals surface area contributed by atoms with Crippen LogP contribution in [-0.4, -0.2) is 39.9 Å². The summed E-state index contributed by atoms with van der Waals surface area (Å²) in [7, 11) is 3.96. The molecule has 1 aliphatic heterocycles. The van der Waals surface area contributed by atoms with Gasteiger partial charge in [0, 0.05) is 31.0 Å². The number of nitrogens with zero attached hydrogens (tertiary/aromatic N) is 4. The van der Waals surface area contributed by atoms with Crippen molar-refractivity contribution in [1.29, 1.82) is 0 Å². The molecule has 8 nitrogen and oxygen atoms in total. The van der Waals surface area contributed by atoms with Crippen molar-refractivity contribution in [2.75, 3.05) is 24.3 Å². The first-order valence-electron chi connectivity index (χ1n) is 9.16. The van der Waals surface area contributed by atoms with Crippen LogP contribution in [-0.2, 0) is 4.79 Å². The fraction of sp³-hybridized carbons (Fsp3) is 0.190. The standard InChI is InChI=1S/C21H22N6O2/c1-12-17(19(22)29)18(13-6-10-16(28)11-7-13)27-21(23-12)24-20(25-27)14-4-8-15(9-5-14)26(2)3/h4-11,18,28H,1-3H3,(H2,22,29)(H,23,24,25). The Morgan fingerprint density at radius 3 is 2.38 bits per heavy atom. The van der Waals surface area contributed by atoms with E-state index < -0.39 is 11.9 Å². The van der Waals surface area contributed by atoms with Gasteiger partial charge in [0.15, 0.2) is 5.82 Å². The van der Waals surface area contributed by atoms with Gasteiger partial charge < -0.3 is 21.1 Å². The highest BCUT2D eigenvalue weighted by Gasteiger charge is 2.33. The van der Waals surface area contributed by atoms with Crippen LogP contribution in [0.2, 0.25) is 0 Å². The number of fused-ring (bicyclic) bond motifs is 1. The largest absolute Gasteiger partial charge is 0.508 e. The molecule has 8 heteroatoms. The number of rotatable bonds is 4. The molecule has 1 aliphatic rings. The third-order valence-corrected chi connectivity index (χ3v) is 4.97. The quantitative estimate of drug-likeness (QED) is 0.631. The molecule has 0 radical (unpaired) electrons. The Kier molecular flexibility index (Phi) is 4.46. The monoisotopic (exact) mass is 390 g/mol. The molecule has 148 valence electrons. The van der Waals surface area contributed by atoms with Crippen molar-refractivity contribution in [3.05, 3.63) is 65.4 Å². The average Bonchev–Trinajstić information content (AvgIpc) is 3.11. The van der Waals surface area contributed by atoms with Gasteiger partial charge in [0.25, 0.3) is 0 Å². The molecular formula is C21H22N6O2. The summed E-state index contributed by atoms with van der Waals surface area (Å²) in [6.45, 7) is 1.79. The molecule has 1 aromatic heterocycles. The number of phenolic OH excluding ortho intramolecular Hbond substituents is 1. The molecule has 0 spiro atoms. The second-order valence-electron chi connectivity index (χ2n) is 7.17. The fourth-order valence-electron chi connectivity index (χ4n) is 3.47. The minimum absolute atomic E-state index is 0.143. The first-order chi connectivity index (χ1) is 13.8. The number of nitrogens with one attached hydrogen (secondary N) is 1. The molecule has 4 rings (SSSR count). The van der Waals surface area contributed by atoms with E-state index in [2.05, 4.69) is 15.4 Å². The van der Waals surface area contributed by atoms with E-state index in [0.29, 0.717) is 23.0 Å². The zero-order valence-electron chi connectivity index (χ0n) is 16.4. The smallest absolute Gasteiger partial charge is 0.248 e. The summed E-state index contributed by atoms with van der Waals surface area (Å²) in [6, 6.07) is 14.0. The molecule has 29 heavy (non-hydrogen) atoms. The van der Waals surface area contributed by atoms with Gasteiger partial charge in [-0.25, -0.2) is 4.68 Å². The molecule has 2 heterocycles. The number of primary amides is 1. The van der Waals surface area contributed by atoms with Gasteiger partial charge in [0.1, 0.15) is 11.8 Å². The fourth-order valence-corrected chi connectivity index (χ4v) is 3.47. The molecule has 1 amide bonds. The summed E-state index contributed by atoms with van der Waals surface area (Å²) < 4.78 is 1.66. The van der Waals surface area contributed by atoms with Crippen molar-refractivity contribution in [2.24, 2.45) is 5.73 Å². The predicted octanol–water partition coefficient (Wildman–Crippen LogP) is 2.49. The van der Waals surface area contributed by atoms with Crippen LogP contribution in [0.1, 0.15) is 18.5 Å². The summed E-state index contributed by atoms with van der Waals surface area (Å²) in [5.41, 5.74) is 9.43. The molecule has 1 atom stereocenters. The SMILES string of the molecule is CC1=C(C(N)=O)C(c2ccc(O)cc2)n2nc(-c3ccc(N(C)C)cc3)nc2N1. The Morgan fingerprint density at radius 2 is 1.79 bits per heavy atom. The van der Waals surface area contributed by atoms with E-state index in [0.717, 1.165) is 16.8 Å². The third-order valence-electron chi connectivity index (χ3n) is 4.97. The Labute approximate surface area is 168 Å². The summed E-state index contributed by atoms with van der Waals surface area (Å²) >= 11 is 0. The lowest BCUT2D eigenvalue weighted by Crippen LogP contribution is -2.31. The lowest BCUT2D eigenvalue weighted by Gasteiger charge is -2.27. The van der Waals surface area contributed by atoms with Crippen LogP contribution >= 0.6 is 0 Å². The molecule has 3 aromatic rings. The predicted molar refractivity (Wildman–Crippen MR) is 112 cm³/mol. The molecule has 0 bridgehead atoms. The van der Waals surface area contributed by atoms with Gasteiger partial charge >= 0.3 is 0 Å². The van der Waals surface area contributed by atoms with Crippen molar-refractivity contribution in [3.63, 3.8) is 0 Å². The molecule has 0 saturated carbocycles. The van der Waals surface area contributed by atoms with E-state index in [-0.39, 0.29) is 5.75 Å². The number of hydrogen-bond acceptors (Lipinski definition) is 6. The third kappa shape index (κ3) is 3.29. The molecule has 1 unspecified atom stereocenters. The lowest BCUT2D eigenvalue weighted by atomic mass is 9.95. The van der Waals surface area contributed by atoms with E-state index in [1.165, 1.54) is 0 Å². The number of benzene rings is 2. The maximum Gasteiger partial charge on any atom is 0.248 e. The van der Waals surface area contributed by atoms with E-state index in [1.54, 1.807) is 35.9 Å². The van der Waals surface area contributed by atoms with Crippen LogP contribution in [0.5, 0.6) is 5.75 Å². The van der Waals surface area contributed by atoms with Gasteiger partial charge in [0.2, 0.25) is 11.9 Å². The van der Waals surface area contributed by atoms with Crippen molar-refractivity contribution >= 4 is 17.5 Å². The number of aromatic hydroxyl groups is 1. The van der Waals surface area contributed by atoms with E-state index in [9.17, 15) is 9.90 Å². The average molecular weight is 390 g/mol. The number of allylic oxidation sites excluding steroid dienone is 1. The molecule has 0 aliphatic carbocycles. The van der Waals surface area contributed by atoms with E-state index >= 15 is 0 Å². The number of carbonyl (C=O) groups is 1. The van der Waals surface area contributed by atoms with Gasteiger partial charge in [-0.15, -0.1) is 5.10 Å². The Hall–Kier alpha value is -3.81. The van der Waals surface area contributed by atoms with E-state index in [4.69, 9.17) is 5.73 Å². The first-order valence-corrected chi connectivity index (χ1v) is 9.16. The molecule has 4 N–H and O–H groups in total. The van der Waals surface area contributed by atoms with Gasteiger partial charge in [-0.05, 0) is 48.9 Å². The first kappa shape index (κ1) is 18.5.